The third-order valence-electron chi connectivity index (χ3n) is 3.32. The summed E-state index contributed by atoms with van der Waals surface area (Å²) in [6.45, 7) is 2.88. The maximum absolute atomic E-state index is 9.48. The summed E-state index contributed by atoms with van der Waals surface area (Å²) in [4.78, 5) is 4.54. The molecule has 2 N–H and O–H groups in total. The number of imidazole rings is 1. The minimum absolute atomic E-state index is 0.206. The van der Waals surface area contributed by atoms with Crippen molar-refractivity contribution in [2.45, 2.75) is 13.5 Å². The zero-order valence-electron chi connectivity index (χ0n) is 12.0. The number of anilines is 1. The number of phenols is 1. The van der Waals surface area contributed by atoms with E-state index in [4.69, 9.17) is 0 Å². The topological polar surface area (TPSA) is 62.4 Å². The Labute approximate surface area is 136 Å². The minimum atomic E-state index is 0.206. The van der Waals surface area contributed by atoms with Gasteiger partial charge in [0.25, 0.3) is 0 Å². The van der Waals surface area contributed by atoms with Crippen molar-refractivity contribution in [1.29, 1.82) is 0 Å². The van der Waals surface area contributed by atoms with Gasteiger partial charge < -0.3 is 9.67 Å². The molecule has 0 radical (unpaired) electrons. The summed E-state index contributed by atoms with van der Waals surface area (Å²) < 4.78 is 2.71. The van der Waals surface area contributed by atoms with Gasteiger partial charge >= 0.3 is 0 Å². The Morgan fingerprint density at radius 2 is 2.14 bits per heavy atom. The predicted molar refractivity (Wildman–Crippen MR) is 92.4 cm³/mol. The number of aromatic hydroxyl groups is 1. The van der Waals surface area contributed by atoms with Crippen LogP contribution in [-0.2, 0) is 6.54 Å². The average molecular weight is 359 g/mol. The molecule has 0 fully saturated rings. The van der Waals surface area contributed by atoms with Gasteiger partial charge in [-0.25, -0.2) is 10.4 Å². The SMILES string of the molecule is CCn1c(N/N=C\c2ccc(O)c(Br)c2)nc2ccccc21. The molecule has 0 saturated carbocycles. The molecule has 0 amide bonds. The van der Waals surface area contributed by atoms with Crippen molar-refractivity contribution >= 4 is 39.1 Å². The lowest BCUT2D eigenvalue weighted by Gasteiger charge is -2.04. The molecule has 0 atom stereocenters. The maximum Gasteiger partial charge on any atom is 0.224 e. The maximum atomic E-state index is 9.48. The molecule has 0 aliphatic rings. The van der Waals surface area contributed by atoms with Crippen LogP contribution in [0.25, 0.3) is 11.0 Å². The van der Waals surface area contributed by atoms with E-state index in [0.717, 1.165) is 23.1 Å². The number of aryl methyl sites for hydroxylation is 1. The average Bonchev–Trinajstić information content (AvgIpc) is 2.88. The highest BCUT2D eigenvalue weighted by molar-refractivity contribution is 9.10. The molecule has 0 unspecified atom stereocenters. The Kier molecular flexibility index (Phi) is 4.11. The number of aromatic nitrogens is 2. The molecule has 3 aromatic rings. The highest BCUT2D eigenvalue weighted by Crippen LogP contribution is 2.23. The summed E-state index contributed by atoms with van der Waals surface area (Å²) in [6, 6.07) is 13.2. The molecule has 3 rings (SSSR count). The van der Waals surface area contributed by atoms with Crippen LogP contribution in [0.1, 0.15) is 12.5 Å². The largest absolute Gasteiger partial charge is 0.507 e. The standard InChI is InChI=1S/C16H15BrN4O/c1-2-21-14-6-4-3-5-13(14)19-16(21)20-18-10-11-7-8-15(22)12(17)9-11/h3-10,22H,2H2,1H3,(H,19,20)/b18-10-. The lowest BCUT2D eigenvalue weighted by Crippen LogP contribution is -2.01. The number of para-hydroxylation sites is 2. The molecule has 5 nitrogen and oxygen atoms in total. The molecule has 2 aromatic carbocycles. The number of halogens is 1. The second kappa shape index (κ2) is 6.19. The molecule has 0 spiro atoms. The molecule has 6 heteroatoms. The van der Waals surface area contributed by atoms with Crippen LogP contribution in [0.3, 0.4) is 0 Å². The summed E-state index contributed by atoms with van der Waals surface area (Å²) >= 11 is 3.28. The number of rotatable bonds is 4. The van der Waals surface area contributed by atoms with E-state index in [1.165, 1.54) is 0 Å². The Bertz CT molecular complexity index is 841. The van der Waals surface area contributed by atoms with Crippen LogP contribution in [0.5, 0.6) is 5.75 Å². The van der Waals surface area contributed by atoms with Gasteiger partial charge in [0.05, 0.1) is 21.7 Å². The molecular weight excluding hydrogens is 344 g/mol. The van der Waals surface area contributed by atoms with Crippen molar-refractivity contribution in [3.8, 4) is 5.75 Å². The van der Waals surface area contributed by atoms with Gasteiger partial charge in [-0.1, -0.05) is 12.1 Å². The molecule has 0 aliphatic carbocycles. The van der Waals surface area contributed by atoms with Crippen molar-refractivity contribution in [2.24, 2.45) is 5.10 Å². The summed E-state index contributed by atoms with van der Waals surface area (Å²) in [5.74, 6) is 0.913. The van der Waals surface area contributed by atoms with Crippen LogP contribution in [0, 0.1) is 0 Å². The van der Waals surface area contributed by atoms with E-state index in [-0.39, 0.29) is 5.75 Å². The van der Waals surface area contributed by atoms with E-state index >= 15 is 0 Å². The van der Waals surface area contributed by atoms with Gasteiger partial charge in [-0.05, 0) is 58.7 Å². The van der Waals surface area contributed by atoms with E-state index in [0.29, 0.717) is 10.4 Å². The van der Waals surface area contributed by atoms with Crippen LogP contribution < -0.4 is 5.43 Å². The molecule has 1 heterocycles. The Balaban J connectivity index is 1.84. The lowest BCUT2D eigenvalue weighted by molar-refractivity contribution is 0.472. The van der Waals surface area contributed by atoms with Crippen molar-refractivity contribution < 1.29 is 5.11 Å². The predicted octanol–water partition coefficient (Wildman–Crippen LogP) is 3.97. The highest BCUT2D eigenvalue weighted by Gasteiger charge is 2.07. The van der Waals surface area contributed by atoms with Gasteiger partial charge in [-0.3, -0.25) is 0 Å². The van der Waals surface area contributed by atoms with Crippen molar-refractivity contribution in [3.63, 3.8) is 0 Å². The van der Waals surface area contributed by atoms with Gasteiger partial charge in [0.2, 0.25) is 5.95 Å². The zero-order valence-corrected chi connectivity index (χ0v) is 13.6. The molecule has 0 bridgehead atoms. The Morgan fingerprint density at radius 3 is 2.91 bits per heavy atom. The van der Waals surface area contributed by atoms with Gasteiger partial charge in [-0.2, -0.15) is 5.10 Å². The molecular formula is C16H15BrN4O. The third kappa shape index (κ3) is 2.82. The molecule has 0 aliphatic heterocycles. The number of hydrogen-bond acceptors (Lipinski definition) is 4. The smallest absolute Gasteiger partial charge is 0.224 e. The number of phenolic OH excluding ortho intramolecular Hbond substituents is 1. The first-order valence-corrected chi connectivity index (χ1v) is 7.71. The van der Waals surface area contributed by atoms with Crippen molar-refractivity contribution in [1.82, 2.24) is 9.55 Å². The first-order chi connectivity index (χ1) is 10.7. The molecule has 112 valence electrons. The normalized spacial score (nSPS) is 11.4. The fourth-order valence-electron chi connectivity index (χ4n) is 2.25. The van der Waals surface area contributed by atoms with E-state index < -0.39 is 0 Å². The van der Waals surface area contributed by atoms with E-state index in [1.807, 2.05) is 24.3 Å². The summed E-state index contributed by atoms with van der Waals surface area (Å²) in [7, 11) is 0. The zero-order chi connectivity index (χ0) is 15.5. The first-order valence-electron chi connectivity index (χ1n) is 6.92. The quantitative estimate of drug-likeness (QED) is 0.547. The lowest BCUT2D eigenvalue weighted by atomic mass is 10.2. The van der Waals surface area contributed by atoms with Crippen molar-refractivity contribution in [2.75, 3.05) is 5.43 Å². The molecule has 22 heavy (non-hydrogen) atoms. The van der Waals surface area contributed by atoms with Crippen LogP contribution >= 0.6 is 15.9 Å². The monoisotopic (exact) mass is 358 g/mol. The fraction of sp³-hybridized carbons (Fsp3) is 0.125. The van der Waals surface area contributed by atoms with Gasteiger partial charge in [-0.15, -0.1) is 0 Å². The van der Waals surface area contributed by atoms with Gasteiger partial charge in [0.1, 0.15) is 5.75 Å². The second-order valence-corrected chi connectivity index (χ2v) is 5.60. The fourth-order valence-corrected chi connectivity index (χ4v) is 2.65. The first kappa shape index (κ1) is 14.6. The van der Waals surface area contributed by atoms with E-state index in [1.54, 1.807) is 24.4 Å². The number of nitrogens with zero attached hydrogens (tertiary/aromatic N) is 3. The van der Waals surface area contributed by atoms with Gasteiger partial charge in [0.15, 0.2) is 0 Å². The number of hydrogen-bond donors (Lipinski definition) is 2. The minimum Gasteiger partial charge on any atom is -0.507 e. The number of nitrogens with one attached hydrogen (secondary N) is 1. The van der Waals surface area contributed by atoms with Crippen LogP contribution in [0.2, 0.25) is 0 Å². The summed E-state index contributed by atoms with van der Waals surface area (Å²) in [5.41, 5.74) is 5.87. The number of benzene rings is 2. The number of fused-ring (bicyclic) bond motifs is 1. The van der Waals surface area contributed by atoms with Crippen molar-refractivity contribution in [3.05, 3.63) is 52.5 Å². The van der Waals surface area contributed by atoms with Crippen LogP contribution in [-0.4, -0.2) is 20.9 Å². The third-order valence-corrected chi connectivity index (χ3v) is 3.96. The second-order valence-electron chi connectivity index (χ2n) is 4.75. The van der Waals surface area contributed by atoms with Gasteiger partial charge in [0, 0.05) is 6.54 Å². The molecule has 1 aromatic heterocycles. The Morgan fingerprint density at radius 1 is 1.32 bits per heavy atom. The number of hydrazone groups is 1. The van der Waals surface area contributed by atoms with Crippen LogP contribution in [0.4, 0.5) is 5.95 Å². The van der Waals surface area contributed by atoms with Crippen LogP contribution in [0.15, 0.2) is 52.0 Å². The van der Waals surface area contributed by atoms with E-state index in [9.17, 15) is 5.11 Å². The molecule has 0 saturated heterocycles. The summed E-state index contributed by atoms with van der Waals surface area (Å²) in [6.07, 6.45) is 1.68. The Hall–Kier alpha value is -2.34. The van der Waals surface area contributed by atoms with E-state index in [2.05, 4.69) is 42.9 Å². The highest BCUT2D eigenvalue weighted by atomic mass is 79.9. The summed E-state index contributed by atoms with van der Waals surface area (Å²) in [5, 5.41) is 13.7.